The van der Waals surface area contributed by atoms with Crippen molar-refractivity contribution in [3.05, 3.63) is 78.6 Å². The van der Waals surface area contributed by atoms with Crippen LogP contribution in [0.15, 0.2) is 67.0 Å². The predicted octanol–water partition coefficient (Wildman–Crippen LogP) is 9.71. The largest absolute Gasteiger partial charge is 0.444 e. The molecule has 2 aromatic carbocycles. The first-order valence-electron chi connectivity index (χ1n) is 18.7. The first kappa shape index (κ1) is 36.2. The fourth-order valence-electron chi connectivity index (χ4n) is 7.49. The van der Waals surface area contributed by atoms with Gasteiger partial charge in [0, 0.05) is 18.0 Å². The van der Waals surface area contributed by atoms with Gasteiger partial charge in [-0.25, -0.2) is 24.5 Å². The monoisotopic (exact) mass is 717 g/mol. The van der Waals surface area contributed by atoms with E-state index in [0.717, 1.165) is 69.2 Å². The van der Waals surface area contributed by atoms with Crippen LogP contribution in [0.3, 0.4) is 0 Å². The Hall–Kier alpha value is -5.19. The molecule has 5 aromatic rings. The minimum absolute atomic E-state index is 0.0501. The molecule has 11 heteroatoms. The average Bonchev–Trinajstić information content (AvgIpc) is 3.90. The number of aromatic nitrogens is 5. The number of carbonyl (C=O) groups is 2. The third-order valence-electron chi connectivity index (χ3n) is 10.3. The van der Waals surface area contributed by atoms with Gasteiger partial charge in [0.05, 0.1) is 47.1 Å². The molecule has 2 fully saturated rings. The lowest BCUT2D eigenvalue weighted by Gasteiger charge is -2.31. The summed E-state index contributed by atoms with van der Waals surface area (Å²) in [6, 6.07) is 18.5. The number of hydrogen-bond donors (Lipinski definition) is 2. The van der Waals surface area contributed by atoms with Crippen LogP contribution in [0.4, 0.5) is 9.59 Å². The van der Waals surface area contributed by atoms with Gasteiger partial charge in [0.15, 0.2) is 0 Å². The van der Waals surface area contributed by atoms with Crippen LogP contribution in [0.25, 0.3) is 44.7 Å². The number of H-pyrrole nitrogens is 2. The van der Waals surface area contributed by atoms with E-state index >= 15 is 0 Å². The van der Waals surface area contributed by atoms with Crippen LogP contribution < -0.4 is 0 Å². The number of ether oxygens (including phenoxy) is 2. The molecule has 0 aliphatic carbocycles. The topological polar surface area (TPSA) is 129 Å². The lowest BCUT2D eigenvalue weighted by molar-refractivity contribution is 0.0139. The second-order valence-electron chi connectivity index (χ2n) is 16.9. The number of likely N-dealkylation sites (tertiary alicyclic amines) is 2. The van der Waals surface area contributed by atoms with Crippen LogP contribution in [0.2, 0.25) is 0 Å². The number of hydrogen-bond acceptors (Lipinski definition) is 7. The Balaban J connectivity index is 1.05. The van der Waals surface area contributed by atoms with Crippen LogP contribution in [-0.4, -0.2) is 70.7 Å². The minimum atomic E-state index is -0.567. The van der Waals surface area contributed by atoms with Crippen molar-refractivity contribution in [2.45, 2.75) is 104 Å². The van der Waals surface area contributed by atoms with E-state index in [9.17, 15) is 9.59 Å². The first-order valence-corrected chi connectivity index (χ1v) is 18.7. The number of pyridine rings is 1. The van der Waals surface area contributed by atoms with Gasteiger partial charge in [0.25, 0.3) is 0 Å². The van der Waals surface area contributed by atoms with Gasteiger partial charge in [-0.15, -0.1) is 0 Å². The molecule has 278 valence electrons. The number of nitrogens with zero attached hydrogens (tertiary/aromatic N) is 5. The molecule has 53 heavy (non-hydrogen) atoms. The number of aromatic amines is 2. The molecular formula is C42H51N7O4. The molecule has 5 heterocycles. The molecule has 2 aliphatic heterocycles. The van der Waals surface area contributed by atoms with Crippen LogP contribution in [-0.2, 0) is 9.47 Å². The molecule has 11 nitrogen and oxygen atoms in total. The maximum atomic E-state index is 13.2. The van der Waals surface area contributed by atoms with Gasteiger partial charge < -0.3 is 19.4 Å². The van der Waals surface area contributed by atoms with Crippen molar-refractivity contribution < 1.29 is 19.1 Å². The zero-order valence-corrected chi connectivity index (χ0v) is 32.2. The van der Waals surface area contributed by atoms with E-state index < -0.39 is 11.2 Å². The molecule has 7 rings (SSSR count). The molecule has 0 saturated carbocycles. The average molecular weight is 718 g/mol. The van der Waals surface area contributed by atoms with Gasteiger partial charge in [0.2, 0.25) is 0 Å². The molecule has 2 amide bonds. The smallest absolute Gasteiger partial charge is 0.411 e. The molecule has 0 unspecified atom stereocenters. The molecule has 2 aliphatic rings. The maximum Gasteiger partial charge on any atom is 0.411 e. The van der Waals surface area contributed by atoms with E-state index in [4.69, 9.17) is 19.4 Å². The third-order valence-corrected chi connectivity index (χ3v) is 10.3. The van der Waals surface area contributed by atoms with Gasteiger partial charge in [-0.05, 0) is 108 Å². The lowest BCUT2D eigenvalue weighted by atomic mass is 10.0. The van der Waals surface area contributed by atoms with Crippen LogP contribution in [0, 0.1) is 11.8 Å². The Kier molecular flexibility index (Phi) is 9.32. The summed E-state index contributed by atoms with van der Waals surface area (Å²) in [6.07, 6.45) is 4.66. The Morgan fingerprint density at radius 3 is 2.02 bits per heavy atom. The number of benzene rings is 2. The molecular weight excluding hydrogens is 667 g/mol. The number of amides is 2. The molecule has 2 saturated heterocycles. The molecule has 2 N–H and O–H groups in total. The third kappa shape index (κ3) is 7.65. The maximum absolute atomic E-state index is 13.2. The number of imidazole rings is 2. The van der Waals surface area contributed by atoms with E-state index in [1.807, 2.05) is 64.8 Å². The number of rotatable bonds is 5. The van der Waals surface area contributed by atoms with Crippen molar-refractivity contribution in [1.82, 2.24) is 34.7 Å². The molecule has 5 atom stereocenters. The summed E-state index contributed by atoms with van der Waals surface area (Å²) in [6.45, 7) is 18.3. The van der Waals surface area contributed by atoms with Gasteiger partial charge in [-0.3, -0.25) is 9.80 Å². The van der Waals surface area contributed by atoms with Crippen molar-refractivity contribution in [1.29, 1.82) is 0 Å². The number of fused-ring (bicyclic) bond motifs is 1. The fourth-order valence-corrected chi connectivity index (χ4v) is 7.49. The quantitative estimate of drug-likeness (QED) is 0.185. The normalized spacial score (nSPS) is 22.1. The zero-order chi connectivity index (χ0) is 37.8. The summed E-state index contributed by atoms with van der Waals surface area (Å²) < 4.78 is 11.4. The highest BCUT2D eigenvalue weighted by Crippen LogP contribution is 2.40. The SMILES string of the molecule is C[C@@H]1C[C@@H](c2ncc(-c3ccc4cc(-c5ccc(-c6cnc([C@@H]7C[C@@H](C)[C@@H](C)N7C(=O)OC(C)(C)C)[nH]6)cc5)ccc4n3)[nH]2)N(C(=O)OC(C)(C)C)C1. The standard InChI is InChI=1S/C42H51N7O4/c1-24-18-35(48(23-24)39(50)52-41(4,5)6)37-44-22-34(47-37)32-17-15-30-20-29(14-16-31(30)45-32)27-10-12-28(13-11-27)33-21-43-38(46-33)36-19-25(2)26(3)49(36)40(51)53-42(7,8)9/h10-17,20-22,24-26,35-36H,18-19,23H2,1-9H3,(H,43,46)(H,44,47)/t24-,25-,26-,35+,36+/m1/s1. The lowest BCUT2D eigenvalue weighted by Crippen LogP contribution is -2.41. The molecule has 0 radical (unpaired) electrons. The molecule has 0 spiro atoms. The van der Waals surface area contributed by atoms with Crippen molar-refractivity contribution in [3.8, 4) is 33.8 Å². The minimum Gasteiger partial charge on any atom is -0.444 e. The predicted molar refractivity (Wildman–Crippen MR) is 206 cm³/mol. The number of nitrogens with one attached hydrogen (secondary N) is 2. The summed E-state index contributed by atoms with van der Waals surface area (Å²) in [5, 5.41) is 1.03. The molecule has 3 aromatic heterocycles. The van der Waals surface area contributed by atoms with E-state index in [-0.39, 0.29) is 30.3 Å². The Morgan fingerprint density at radius 1 is 0.717 bits per heavy atom. The van der Waals surface area contributed by atoms with E-state index in [0.29, 0.717) is 18.4 Å². The van der Waals surface area contributed by atoms with Crippen molar-refractivity contribution in [3.63, 3.8) is 0 Å². The van der Waals surface area contributed by atoms with Crippen LogP contribution >= 0.6 is 0 Å². The van der Waals surface area contributed by atoms with E-state index in [1.54, 1.807) is 11.1 Å². The molecule has 0 bridgehead atoms. The Bertz CT molecular complexity index is 2120. The zero-order valence-electron chi connectivity index (χ0n) is 32.2. The second-order valence-corrected chi connectivity index (χ2v) is 16.9. The number of carbonyl (C=O) groups excluding carboxylic acids is 2. The van der Waals surface area contributed by atoms with Crippen molar-refractivity contribution in [2.75, 3.05) is 6.54 Å². The van der Waals surface area contributed by atoms with Gasteiger partial charge in [-0.1, -0.05) is 50.2 Å². The van der Waals surface area contributed by atoms with Crippen LogP contribution in [0.1, 0.15) is 98.9 Å². The fraction of sp³-hybridized carbons (Fsp3) is 0.452. The summed E-state index contributed by atoms with van der Waals surface area (Å²) in [5.74, 6) is 2.19. The van der Waals surface area contributed by atoms with Gasteiger partial charge >= 0.3 is 12.2 Å². The van der Waals surface area contributed by atoms with Gasteiger partial charge in [-0.2, -0.15) is 0 Å². The van der Waals surface area contributed by atoms with Crippen molar-refractivity contribution >= 4 is 23.1 Å². The summed E-state index contributed by atoms with van der Waals surface area (Å²) in [7, 11) is 0. The second kappa shape index (κ2) is 13.7. The highest BCUT2D eigenvalue weighted by Gasteiger charge is 2.43. The van der Waals surface area contributed by atoms with E-state index in [1.165, 1.54) is 0 Å². The van der Waals surface area contributed by atoms with Crippen molar-refractivity contribution in [2.24, 2.45) is 11.8 Å². The van der Waals surface area contributed by atoms with E-state index in [2.05, 4.69) is 78.2 Å². The Morgan fingerprint density at radius 2 is 1.32 bits per heavy atom. The first-order chi connectivity index (χ1) is 25.0. The summed E-state index contributed by atoms with van der Waals surface area (Å²) in [4.78, 5) is 51.1. The summed E-state index contributed by atoms with van der Waals surface area (Å²) in [5.41, 5.74) is 5.45. The van der Waals surface area contributed by atoms with Crippen LogP contribution in [0.5, 0.6) is 0 Å². The highest BCUT2D eigenvalue weighted by molar-refractivity contribution is 5.86. The Labute approximate surface area is 311 Å². The highest BCUT2D eigenvalue weighted by atomic mass is 16.6. The van der Waals surface area contributed by atoms with Gasteiger partial charge in [0.1, 0.15) is 22.9 Å². The summed E-state index contributed by atoms with van der Waals surface area (Å²) >= 11 is 0.